The molecule has 0 aliphatic carbocycles. The van der Waals surface area contributed by atoms with Gasteiger partial charge in [-0.1, -0.05) is 18.2 Å². The lowest BCUT2D eigenvalue weighted by Crippen LogP contribution is -2.40. The summed E-state index contributed by atoms with van der Waals surface area (Å²) in [5.74, 6) is 1.60. The Morgan fingerprint density at radius 2 is 2.05 bits per heavy atom. The maximum absolute atomic E-state index is 6.02. The topological polar surface area (TPSA) is 43.4 Å². The zero-order valence-electron chi connectivity index (χ0n) is 10.7. The number of para-hydroxylation sites is 2. The molecule has 0 spiro atoms. The van der Waals surface area contributed by atoms with E-state index in [0.29, 0.717) is 6.61 Å². The summed E-state index contributed by atoms with van der Waals surface area (Å²) in [6.07, 6.45) is 3.55. The third kappa shape index (κ3) is 2.39. The van der Waals surface area contributed by atoms with Gasteiger partial charge in [-0.2, -0.15) is 0 Å². The van der Waals surface area contributed by atoms with E-state index in [0.717, 1.165) is 17.1 Å². The minimum Gasteiger partial charge on any atom is -0.486 e. The Bertz CT molecular complexity index is 545. The first-order chi connectivity index (χ1) is 9.38. The Kier molecular flexibility index (Phi) is 3.33. The first kappa shape index (κ1) is 12.0. The molecule has 0 saturated heterocycles. The molecule has 19 heavy (non-hydrogen) atoms. The molecule has 0 radical (unpaired) electrons. The summed E-state index contributed by atoms with van der Waals surface area (Å²) in [6.45, 7) is 0.525. The van der Waals surface area contributed by atoms with Gasteiger partial charge in [0.05, 0.1) is 6.04 Å². The van der Waals surface area contributed by atoms with Crippen LogP contribution >= 0.6 is 0 Å². The van der Waals surface area contributed by atoms with Gasteiger partial charge >= 0.3 is 0 Å². The van der Waals surface area contributed by atoms with Crippen LogP contribution in [-0.4, -0.2) is 24.7 Å². The number of rotatable bonds is 3. The molecule has 0 saturated carbocycles. The number of likely N-dealkylation sites (N-methyl/N-ethyl adjacent to an activating group) is 1. The molecule has 2 aromatic rings. The Morgan fingerprint density at radius 3 is 2.79 bits per heavy atom. The van der Waals surface area contributed by atoms with Gasteiger partial charge in [0.25, 0.3) is 0 Å². The second-order valence-corrected chi connectivity index (χ2v) is 4.47. The molecule has 1 aliphatic rings. The number of ether oxygens (including phenoxy) is 2. The van der Waals surface area contributed by atoms with Crippen LogP contribution in [0.2, 0.25) is 0 Å². The number of benzene rings is 1. The van der Waals surface area contributed by atoms with Crippen LogP contribution in [0.5, 0.6) is 11.5 Å². The molecule has 2 unspecified atom stereocenters. The molecule has 1 aliphatic heterocycles. The van der Waals surface area contributed by atoms with Crippen LogP contribution in [0.1, 0.15) is 11.6 Å². The van der Waals surface area contributed by atoms with Crippen molar-refractivity contribution in [3.63, 3.8) is 0 Å². The molecule has 1 N–H and O–H groups in total. The lowest BCUT2D eigenvalue weighted by atomic mass is 10.0. The van der Waals surface area contributed by atoms with E-state index in [9.17, 15) is 0 Å². The average molecular weight is 256 g/mol. The second-order valence-electron chi connectivity index (χ2n) is 4.47. The fourth-order valence-electron chi connectivity index (χ4n) is 2.33. The SMILES string of the molecule is CNC(c1cccnc1)C1COc2ccccc2O1. The summed E-state index contributed by atoms with van der Waals surface area (Å²) in [6, 6.07) is 11.8. The van der Waals surface area contributed by atoms with Crippen LogP contribution in [0.3, 0.4) is 0 Å². The molecule has 0 fully saturated rings. The summed E-state index contributed by atoms with van der Waals surface area (Å²) in [5, 5.41) is 3.27. The number of aromatic nitrogens is 1. The van der Waals surface area contributed by atoms with Crippen LogP contribution in [0.4, 0.5) is 0 Å². The fourth-order valence-corrected chi connectivity index (χ4v) is 2.33. The highest BCUT2D eigenvalue weighted by Crippen LogP contribution is 2.34. The smallest absolute Gasteiger partial charge is 0.161 e. The van der Waals surface area contributed by atoms with Crippen molar-refractivity contribution in [1.82, 2.24) is 10.3 Å². The zero-order chi connectivity index (χ0) is 13.1. The van der Waals surface area contributed by atoms with Gasteiger partial charge in [-0.05, 0) is 30.8 Å². The van der Waals surface area contributed by atoms with E-state index in [-0.39, 0.29) is 12.1 Å². The summed E-state index contributed by atoms with van der Waals surface area (Å²) in [4.78, 5) is 4.16. The summed E-state index contributed by atoms with van der Waals surface area (Å²) in [7, 11) is 1.92. The third-order valence-electron chi connectivity index (χ3n) is 3.26. The quantitative estimate of drug-likeness (QED) is 0.914. The number of pyridine rings is 1. The van der Waals surface area contributed by atoms with E-state index < -0.39 is 0 Å². The van der Waals surface area contributed by atoms with Gasteiger partial charge in [0.1, 0.15) is 6.61 Å². The lowest BCUT2D eigenvalue weighted by Gasteiger charge is -2.32. The molecule has 1 aromatic heterocycles. The van der Waals surface area contributed by atoms with E-state index in [2.05, 4.69) is 10.3 Å². The van der Waals surface area contributed by atoms with Gasteiger partial charge in [-0.25, -0.2) is 0 Å². The molecule has 4 heteroatoms. The minimum atomic E-state index is -0.0656. The molecular formula is C15H16N2O2. The van der Waals surface area contributed by atoms with Crippen molar-refractivity contribution in [2.45, 2.75) is 12.1 Å². The van der Waals surface area contributed by atoms with Crippen LogP contribution < -0.4 is 14.8 Å². The number of fused-ring (bicyclic) bond motifs is 1. The molecular weight excluding hydrogens is 240 g/mol. The van der Waals surface area contributed by atoms with Gasteiger partial charge < -0.3 is 14.8 Å². The predicted octanol–water partition coefficient (Wildman–Crippen LogP) is 2.18. The third-order valence-corrected chi connectivity index (χ3v) is 3.26. The van der Waals surface area contributed by atoms with E-state index in [1.54, 1.807) is 6.20 Å². The Morgan fingerprint density at radius 1 is 1.21 bits per heavy atom. The standard InChI is InChI=1S/C15H16N2O2/c1-16-15(11-5-4-8-17-9-11)14-10-18-12-6-2-3-7-13(12)19-14/h2-9,14-16H,10H2,1H3. The van der Waals surface area contributed by atoms with E-state index >= 15 is 0 Å². The molecule has 2 heterocycles. The average Bonchev–Trinajstić information content (AvgIpc) is 2.49. The number of nitrogens with one attached hydrogen (secondary N) is 1. The molecule has 2 atom stereocenters. The Balaban J connectivity index is 1.83. The van der Waals surface area contributed by atoms with Crippen molar-refractivity contribution < 1.29 is 9.47 Å². The van der Waals surface area contributed by atoms with E-state index in [1.807, 2.05) is 49.6 Å². The van der Waals surface area contributed by atoms with Gasteiger partial charge in [0.2, 0.25) is 0 Å². The van der Waals surface area contributed by atoms with Crippen molar-refractivity contribution >= 4 is 0 Å². The maximum Gasteiger partial charge on any atom is 0.161 e. The highest BCUT2D eigenvalue weighted by molar-refractivity contribution is 5.41. The highest BCUT2D eigenvalue weighted by Gasteiger charge is 2.29. The lowest BCUT2D eigenvalue weighted by molar-refractivity contribution is 0.0637. The van der Waals surface area contributed by atoms with E-state index in [4.69, 9.17) is 9.47 Å². The number of hydrogen-bond acceptors (Lipinski definition) is 4. The van der Waals surface area contributed by atoms with Crippen molar-refractivity contribution in [3.8, 4) is 11.5 Å². The molecule has 0 bridgehead atoms. The molecule has 3 rings (SSSR count). The summed E-state index contributed by atoms with van der Waals surface area (Å²) >= 11 is 0. The Hall–Kier alpha value is -2.07. The van der Waals surface area contributed by atoms with Gasteiger partial charge in [0, 0.05) is 12.4 Å². The van der Waals surface area contributed by atoms with E-state index in [1.165, 1.54) is 0 Å². The van der Waals surface area contributed by atoms with Gasteiger partial charge in [-0.15, -0.1) is 0 Å². The molecule has 4 nitrogen and oxygen atoms in total. The van der Waals surface area contributed by atoms with Crippen LogP contribution in [0, 0.1) is 0 Å². The largest absolute Gasteiger partial charge is 0.486 e. The van der Waals surface area contributed by atoms with Crippen molar-refractivity contribution in [2.75, 3.05) is 13.7 Å². The number of hydrogen-bond donors (Lipinski definition) is 1. The highest BCUT2D eigenvalue weighted by atomic mass is 16.6. The van der Waals surface area contributed by atoms with Crippen LogP contribution in [0.15, 0.2) is 48.8 Å². The monoisotopic (exact) mass is 256 g/mol. The van der Waals surface area contributed by atoms with Crippen LogP contribution in [-0.2, 0) is 0 Å². The van der Waals surface area contributed by atoms with Crippen molar-refractivity contribution in [2.24, 2.45) is 0 Å². The van der Waals surface area contributed by atoms with Gasteiger partial charge in [-0.3, -0.25) is 4.98 Å². The summed E-state index contributed by atoms with van der Waals surface area (Å²) in [5.41, 5.74) is 1.10. The first-order valence-electron chi connectivity index (χ1n) is 6.34. The fraction of sp³-hybridized carbons (Fsp3) is 0.267. The second kappa shape index (κ2) is 5.28. The van der Waals surface area contributed by atoms with Gasteiger partial charge in [0.15, 0.2) is 17.6 Å². The zero-order valence-corrected chi connectivity index (χ0v) is 10.7. The molecule has 98 valence electrons. The Labute approximate surface area is 112 Å². The normalized spacial score (nSPS) is 18.9. The maximum atomic E-state index is 6.02. The summed E-state index contributed by atoms with van der Waals surface area (Å²) < 4.78 is 11.8. The van der Waals surface area contributed by atoms with Crippen molar-refractivity contribution in [1.29, 1.82) is 0 Å². The number of nitrogens with zero attached hydrogens (tertiary/aromatic N) is 1. The minimum absolute atomic E-state index is 0.0575. The van der Waals surface area contributed by atoms with Crippen LogP contribution in [0.25, 0.3) is 0 Å². The predicted molar refractivity (Wildman–Crippen MR) is 72.4 cm³/mol. The molecule has 1 aromatic carbocycles. The van der Waals surface area contributed by atoms with Crippen molar-refractivity contribution in [3.05, 3.63) is 54.4 Å². The first-order valence-corrected chi connectivity index (χ1v) is 6.34. The molecule has 0 amide bonds.